The number of rotatable bonds is 3. The van der Waals surface area contributed by atoms with E-state index in [1.54, 1.807) is 11.2 Å². The minimum atomic E-state index is -0.0889. The van der Waals surface area contributed by atoms with Crippen LogP contribution in [0.4, 0.5) is 16.3 Å². The van der Waals surface area contributed by atoms with Crippen LogP contribution in [0, 0.1) is 0 Å². The van der Waals surface area contributed by atoms with Crippen molar-refractivity contribution in [2.24, 2.45) is 0 Å². The van der Waals surface area contributed by atoms with Gasteiger partial charge in [-0.15, -0.1) is 12.4 Å². The molecule has 29 heavy (non-hydrogen) atoms. The fourth-order valence-corrected chi connectivity index (χ4v) is 4.01. The molecule has 0 radical (unpaired) electrons. The summed E-state index contributed by atoms with van der Waals surface area (Å²) in [6, 6.07) is 6.17. The first-order chi connectivity index (χ1) is 13.8. The minimum absolute atomic E-state index is 0. The Kier molecular flexibility index (Phi) is 7.89. The van der Waals surface area contributed by atoms with Crippen LogP contribution in [0.3, 0.4) is 0 Å². The highest BCUT2D eigenvalue weighted by molar-refractivity contribution is 5.96. The van der Waals surface area contributed by atoms with Gasteiger partial charge in [0.2, 0.25) is 0 Å². The van der Waals surface area contributed by atoms with Crippen molar-refractivity contribution in [3.8, 4) is 0 Å². The standard InChI is InChI=1S/C21H29N5O2.ClH/c27-21(26-10-12-28-13-11-26)25-17-8-9-19-18(14-17)20(23-15-22-19)24-16-6-4-2-1-3-5-7-16;/h8-9,14-16H,1-7,10-13H2,(H,25,27)(H,22,23,24);1H. The molecule has 2 heterocycles. The van der Waals surface area contributed by atoms with E-state index in [-0.39, 0.29) is 18.4 Å². The van der Waals surface area contributed by atoms with Crippen molar-refractivity contribution >= 4 is 40.8 Å². The number of aromatic nitrogens is 2. The normalized spacial score (nSPS) is 18.4. The van der Waals surface area contributed by atoms with Crippen LogP contribution in [0.2, 0.25) is 0 Å². The van der Waals surface area contributed by atoms with Gasteiger partial charge in [-0.2, -0.15) is 0 Å². The van der Waals surface area contributed by atoms with E-state index in [0.717, 1.165) is 22.4 Å². The maximum Gasteiger partial charge on any atom is 0.321 e. The Morgan fingerprint density at radius 2 is 1.76 bits per heavy atom. The molecule has 2 aromatic rings. The van der Waals surface area contributed by atoms with Crippen molar-refractivity contribution in [2.75, 3.05) is 36.9 Å². The predicted molar refractivity (Wildman–Crippen MR) is 118 cm³/mol. The van der Waals surface area contributed by atoms with Gasteiger partial charge in [0.15, 0.2) is 0 Å². The Labute approximate surface area is 178 Å². The number of fused-ring (bicyclic) bond motifs is 1. The highest BCUT2D eigenvalue weighted by atomic mass is 35.5. The van der Waals surface area contributed by atoms with Gasteiger partial charge in [0.05, 0.1) is 18.7 Å². The summed E-state index contributed by atoms with van der Waals surface area (Å²) in [5.74, 6) is 0.859. The number of nitrogens with one attached hydrogen (secondary N) is 2. The lowest BCUT2D eigenvalue weighted by molar-refractivity contribution is 0.0564. The van der Waals surface area contributed by atoms with Crippen LogP contribution >= 0.6 is 12.4 Å². The van der Waals surface area contributed by atoms with E-state index in [0.29, 0.717) is 32.3 Å². The first-order valence-corrected chi connectivity index (χ1v) is 10.4. The summed E-state index contributed by atoms with van der Waals surface area (Å²) in [6.45, 7) is 2.43. The number of anilines is 2. The summed E-state index contributed by atoms with van der Waals surface area (Å²) in [5.41, 5.74) is 1.65. The monoisotopic (exact) mass is 419 g/mol. The maximum atomic E-state index is 12.5. The van der Waals surface area contributed by atoms with Crippen molar-refractivity contribution in [3.05, 3.63) is 24.5 Å². The van der Waals surface area contributed by atoms with Crippen LogP contribution in [0.25, 0.3) is 10.9 Å². The molecule has 2 fully saturated rings. The number of amides is 2. The Bertz CT molecular complexity index is 805. The summed E-state index contributed by atoms with van der Waals surface area (Å²) >= 11 is 0. The van der Waals surface area contributed by atoms with E-state index in [1.807, 2.05) is 18.2 Å². The Morgan fingerprint density at radius 3 is 2.52 bits per heavy atom. The third kappa shape index (κ3) is 5.70. The second-order valence-electron chi connectivity index (χ2n) is 7.67. The van der Waals surface area contributed by atoms with Gasteiger partial charge >= 0.3 is 6.03 Å². The molecule has 2 amide bonds. The minimum Gasteiger partial charge on any atom is -0.378 e. The topological polar surface area (TPSA) is 79.4 Å². The quantitative estimate of drug-likeness (QED) is 0.768. The van der Waals surface area contributed by atoms with Gasteiger partial charge in [0.25, 0.3) is 0 Å². The molecule has 4 rings (SSSR count). The van der Waals surface area contributed by atoms with Crippen LogP contribution in [0.5, 0.6) is 0 Å². The van der Waals surface area contributed by atoms with Crippen molar-refractivity contribution < 1.29 is 9.53 Å². The third-order valence-electron chi connectivity index (χ3n) is 5.63. The van der Waals surface area contributed by atoms with Gasteiger partial charge in [-0.25, -0.2) is 14.8 Å². The van der Waals surface area contributed by atoms with Crippen molar-refractivity contribution in [1.82, 2.24) is 14.9 Å². The summed E-state index contributed by atoms with van der Waals surface area (Å²) in [5, 5.41) is 7.59. The molecular formula is C21H30ClN5O2. The molecule has 7 nitrogen and oxygen atoms in total. The molecule has 0 spiro atoms. The number of ether oxygens (including phenoxy) is 1. The lowest BCUT2D eigenvalue weighted by atomic mass is 9.96. The average Bonchev–Trinajstić information content (AvgIpc) is 2.71. The van der Waals surface area contributed by atoms with E-state index in [4.69, 9.17) is 4.74 Å². The summed E-state index contributed by atoms with van der Waals surface area (Å²) in [4.78, 5) is 23.2. The second-order valence-corrected chi connectivity index (χ2v) is 7.67. The molecule has 1 aromatic heterocycles. The number of benzene rings is 1. The van der Waals surface area contributed by atoms with Gasteiger partial charge < -0.3 is 20.3 Å². The summed E-state index contributed by atoms with van der Waals surface area (Å²) < 4.78 is 5.32. The molecule has 1 aliphatic carbocycles. The zero-order chi connectivity index (χ0) is 19.2. The lowest BCUT2D eigenvalue weighted by Crippen LogP contribution is -2.43. The van der Waals surface area contributed by atoms with Crippen molar-refractivity contribution in [2.45, 2.75) is 51.0 Å². The number of nitrogens with zero attached hydrogens (tertiary/aromatic N) is 3. The molecule has 1 saturated carbocycles. The smallest absolute Gasteiger partial charge is 0.321 e. The number of carbonyl (C=O) groups is 1. The number of hydrogen-bond acceptors (Lipinski definition) is 5. The molecule has 1 aromatic carbocycles. The predicted octanol–water partition coefficient (Wildman–Crippen LogP) is 4.44. The molecule has 158 valence electrons. The zero-order valence-electron chi connectivity index (χ0n) is 16.7. The summed E-state index contributed by atoms with van der Waals surface area (Å²) in [6.07, 6.45) is 10.5. The third-order valence-corrected chi connectivity index (χ3v) is 5.63. The number of hydrogen-bond donors (Lipinski definition) is 2. The van der Waals surface area contributed by atoms with Gasteiger partial charge in [-0.05, 0) is 31.0 Å². The van der Waals surface area contributed by atoms with E-state index < -0.39 is 0 Å². The van der Waals surface area contributed by atoms with Gasteiger partial charge in [-0.3, -0.25) is 0 Å². The lowest BCUT2D eigenvalue weighted by Gasteiger charge is -2.27. The molecular weight excluding hydrogens is 390 g/mol. The number of urea groups is 1. The first kappa shape index (κ1) is 21.6. The van der Waals surface area contributed by atoms with Crippen LogP contribution in [-0.4, -0.2) is 53.2 Å². The molecule has 0 bridgehead atoms. The molecule has 1 aliphatic heterocycles. The van der Waals surface area contributed by atoms with Crippen LogP contribution in [0.1, 0.15) is 44.9 Å². The highest BCUT2D eigenvalue weighted by Gasteiger charge is 2.18. The first-order valence-electron chi connectivity index (χ1n) is 10.4. The molecule has 1 saturated heterocycles. The number of carbonyl (C=O) groups excluding carboxylic acids is 1. The molecule has 2 N–H and O–H groups in total. The molecule has 2 aliphatic rings. The number of halogens is 1. The maximum absolute atomic E-state index is 12.5. The summed E-state index contributed by atoms with van der Waals surface area (Å²) in [7, 11) is 0. The Hall–Kier alpha value is -2.12. The van der Waals surface area contributed by atoms with Crippen LogP contribution in [-0.2, 0) is 4.74 Å². The van der Waals surface area contributed by atoms with Crippen LogP contribution in [0.15, 0.2) is 24.5 Å². The zero-order valence-corrected chi connectivity index (χ0v) is 17.5. The molecule has 8 heteroatoms. The van der Waals surface area contributed by atoms with E-state index >= 15 is 0 Å². The fraction of sp³-hybridized carbons (Fsp3) is 0.571. The van der Waals surface area contributed by atoms with Gasteiger partial charge in [0, 0.05) is 30.2 Å². The average molecular weight is 420 g/mol. The molecule has 0 unspecified atom stereocenters. The van der Waals surface area contributed by atoms with E-state index in [2.05, 4.69) is 20.6 Å². The van der Waals surface area contributed by atoms with E-state index in [1.165, 1.54) is 44.9 Å². The van der Waals surface area contributed by atoms with Crippen LogP contribution < -0.4 is 10.6 Å². The van der Waals surface area contributed by atoms with Crippen molar-refractivity contribution in [3.63, 3.8) is 0 Å². The highest BCUT2D eigenvalue weighted by Crippen LogP contribution is 2.26. The Morgan fingerprint density at radius 1 is 1.03 bits per heavy atom. The fourth-order valence-electron chi connectivity index (χ4n) is 4.01. The SMILES string of the molecule is Cl.O=C(Nc1ccc2ncnc(NC3CCCCCCC3)c2c1)N1CCOCC1. The van der Waals surface area contributed by atoms with Gasteiger partial charge in [0.1, 0.15) is 12.1 Å². The largest absolute Gasteiger partial charge is 0.378 e. The van der Waals surface area contributed by atoms with Gasteiger partial charge in [-0.1, -0.05) is 32.1 Å². The van der Waals surface area contributed by atoms with E-state index in [9.17, 15) is 4.79 Å². The van der Waals surface area contributed by atoms with Crippen molar-refractivity contribution in [1.29, 1.82) is 0 Å². The second kappa shape index (κ2) is 10.6. The molecule has 0 atom stereocenters. The Balaban J connectivity index is 0.00000240. The number of morpholine rings is 1.